The number of guanidine groups is 1. The molecule has 0 amide bonds. The van der Waals surface area contributed by atoms with Crippen molar-refractivity contribution in [3.63, 3.8) is 0 Å². The van der Waals surface area contributed by atoms with E-state index in [0.717, 1.165) is 11.3 Å². The van der Waals surface area contributed by atoms with Gasteiger partial charge in [-0.25, -0.2) is 4.99 Å². The van der Waals surface area contributed by atoms with Gasteiger partial charge in [-0.1, -0.05) is 12.1 Å². The lowest BCUT2D eigenvalue weighted by Gasteiger charge is -2.12. The van der Waals surface area contributed by atoms with Crippen LogP contribution in [0.1, 0.15) is 5.56 Å². The topological polar surface area (TPSA) is 87.3 Å². The molecule has 0 heterocycles. The highest BCUT2D eigenvalue weighted by Crippen LogP contribution is 2.31. The van der Waals surface area contributed by atoms with Gasteiger partial charge in [0, 0.05) is 17.3 Å². The predicted molar refractivity (Wildman–Crippen MR) is 98.0 cm³/mol. The molecule has 0 aliphatic carbocycles. The molecule has 0 saturated carbocycles. The van der Waals surface area contributed by atoms with Crippen molar-refractivity contribution in [1.29, 1.82) is 0 Å². The average Bonchev–Trinajstić information content (AvgIpc) is 2.65. The van der Waals surface area contributed by atoms with E-state index in [4.69, 9.17) is 24.7 Å². The van der Waals surface area contributed by atoms with Gasteiger partial charge in [-0.05, 0) is 18.2 Å². The minimum Gasteiger partial charge on any atom is -0.493 e. The van der Waals surface area contributed by atoms with Crippen LogP contribution in [-0.2, 0) is 6.54 Å². The molecule has 3 N–H and O–H groups in total. The molecule has 0 aliphatic rings. The van der Waals surface area contributed by atoms with Crippen LogP contribution in [0, 0.1) is 0 Å². The first kappa shape index (κ1) is 18.3. The number of nitrogens with one attached hydrogen (secondary N) is 1. The Balaban J connectivity index is 2.13. The maximum Gasteiger partial charge on any atom is 0.193 e. The molecule has 7 heteroatoms. The first-order valence-corrected chi connectivity index (χ1v) is 7.61. The Kier molecular flexibility index (Phi) is 6.33. The van der Waals surface area contributed by atoms with Crippen LogP contribution in [0.2, 0.25) is 0 Å². The molecule has 0 aliphatic heterocycles. The van der Waals surface area contributed by atoms with E-state index in [1.807, 2.05) is 24.3 Å². The maximum absolute atomic E-state index is 5.97. The molecule has 2 aromatic rings. The summed E-state index contributed by atoms with van der Waals surface area (Å²) >= 11 is 0. The summed E-state index contributed by atoms with van der Waals surface area (Å²) in [5, 5.41) is 3.02. The molecule has 0 fully saturated rings. The highest BCUT2D eigenvalue weighted by Gasteiger charge is 2.09. The van der Waals surface area contributed by atoms with Crippen LogP contribution in [0.15, 0.2) is 41.4 Å². The molecule has 0 saturated heterocycles. The van der Waals surface area contributed by atoms with Gasteiger partial charge in [0.25, 0.3) is 0 Å². The van der Waals surface area contributed by atoms with Crippen molar-refractivity contribution in [3.8, 4) is 23.0 Å². The second-order valence-electron chi connectivity index (χ2n) is 5.05. The van der Waals surface area contributed by atoms with Crippen molar-refractivity contribution < 1.29 is 18.9 Å². The Bertz CT molecular complexity index is 747. The van der Waals surface area contributed by atoms with Gasteiger partial charge in [0.2, 0.25) is 0 Å². The molecule has 0 bridgehead atoms. The van der Waals surface area contributed by atoms with Crippen LogP contribution in [0.25, 0.3) is 0 Å². The summed E-state index contributed by atoms with van der Waals surface area (Å²) in [6, 6.07) is 11.0. The molecular weight excluding hydrogens is 322 g/mol. The Labute approximate surface area is 147 Å². The number of methoxy groups -OCH3 is 4. The van der Waals surface area contributed by atoms with E-state index in [-0.39, 0.29) is 5.96 Å². The Hall–Kier alpha value is -3.09. The highest BCUT2D eigenvalue weighted by atomic mass is 16.5. The molecule has 7 nitrogen and oxygen atoms in total. The van der Waals surface area contributed by atoms with Crippen molar-refractivity contribution in [2.45, 2.75) is 6.54 Å². The summed E-state index contributed by atoms with van der Waals surface area (Å²) in [5.74, 6) is 2.82. The fraction of sp³-hybridized carbons (Fsp3) is 0.278. The van der Waals surface area contributed by atoms with Crippen molar-refractivity contribution in [3.05, 3.63) is 42.0 Å². The smallest absolute Gasteiger partial charge is 0.193 e. The standard InChI is InChI=1S/C18H23N3O4/c1-22-14-9-8-13(10-16(14)24-3)21-18(19)20-11-12-6-5-7-15(23-2)17(12)25-4/h5-10H,11H2,1-4H3,(H3,19,20,21). The molecule has 2 aromatic carbocycles. The summed E-state index contributed by atoms with van der Waals surface area (Å²) in [7, 11) is 6.35. The number of nitrogens with two attached hydrogens (primary N) is 1. The number of anilines is 1. The monoisotopic (exact) mass is 345 g/mol. The van der Waals surface area contributed by atoms with E-state index < -0.39 is 0 Å². The van der Waals surface area contributed by atoms with Crippen LogP contribution < -0.4 is 30.0 Å². The number of para-hydroxylation sites is 1. The first-order valence-electron chi connectivity index (χ1n) is 7.61. The van der Waals surface area contributed by atoms with E-state index in [1.165, 1.54) is 0 Å². The first-order chi connectivity index (χ1) is 12.1. The number of rotatable bonds is 7. The third-order valence-corrected chi connectivity index (χ3v) is 3.56. The number of benzene rings is 2. The van der Waals surface area contributed by atoms with E-state index in [2.05, 4.69) is 10.3 Å². The second-order valence-corrected chi connectivity index (χ2v) is 5.05. The van der Waals surface area contributed by atoms with Crippen LogP contribution >= 0.6 is 0 Å². The average molecular weight is 345 g/mol. The zero-order valence-electron chi connectivity index (χ0n) is 14.8. The second kappa shape index (κ2) is 8.68. The SMILES string of the molecule is COc1ccc(NC(N)=NCc2cccc(OC)c2OC)cc1OC. The van der Waals surface area contributed by atoms with Gasteiger partial charge < -0.3 is 30.0 Å². The fourth-order valence-electron chi connectivity index (χ4n) is 2.35. The lowest BCUT2D eigenvalue weighted by molar-refractivity contribution is 0.352. The van der Waals surface area contributed by atoms with E-state index in [1.54, 1.807) is 40.6 Å². The summed E-state index contributed by atoms with van der Waals surface area (Å²) in [4.78, 5) is 4.35. The van der Waals surface area contributed by atoms with Crippen LogP contribution in [0.5, 0.6) is 23.0 Å². The molecule has 0 radical (unpaired) electrons. The van der Waals surface area contributed by atoms with E-state index in [0.29, 0.717) is 29.5 Å². The number of hydrogen-bond donors (Lipinski definition) is 2. The van der Waals surface area contributed by atoms with Gasteiger partial charge in [-0.2, -0.15) is 0 Å². The predicted octanol–water partition coefficient (Wildman–Crippen LogP) is 2.65. The molecule has 0 spiro atoms. The van der Waals surface area contributed by atoms with Gasteiger partial charge in [0.15, 0.2) is 29.0 Å². The zero-order chi connectivity index (χ0) is 18.2. The van der Waals surface area contributed by atoms with Gasteiger partial charge in [0.05, 0.1) is 35.0 Å². The minimum atomic E-state index is 0.275. The molecule has 2 rings (SSSR count). The van der Waals surface area contributed by atoms with Gasteiger partial charge in [-0.3, -0.25) is 0 Å². The van der Waals surface area contributed by atoms with Crippen LogP contribution in [0.4, 0.5) is 5.69 Å². The molecule has 25 heavy (non-hydrogen) atoms. The summed E-state index contributed by atoms with van der Waals surface area (Å²) in [6.07, 6.45) is 0. The lowest BCUT2D eigenvalue weighted by Crippen LogP contribution is -2.22. The quantitative estimate of drug-likeness (QED) is 0.592. The molecule has 0 aromatic heterocycles. The summed E-state index contributed by atoms with van der Waals surface area (Å²) < 4.78 is 21.1. The normalized spacial score (nSPS) is 11.0. The number of nitrogens with zero attached hydrogens (tertiary/aromatic N) is 1. The lowest BCUT2D eigenvalue weighted by atomic mass is 10.2. The van der Waals surface area contributed by atoms with E-state index >= 15 is 0 Å². The molecule has 134 valence electrons. The van der Waals surface area contributed by atoms with Crippen molar-refractivity contribution in [2.75, 3.05) is 33.8 Å². The van der Waals surface area contributed by atoms with E-state index in [9.17, 15) is 0 Å². The third-order valence-electron chi connectivity index (χ3n) is 3.56. The number of aliphatic imine (C=N–C) groups is 1. The fourth-order valence-corrected chi connectivity index (χ4v) is 2.35. The van der Waals surface area contributed by atoms with Crippen molar-refractivity contribution in [2.24, 2.45) is 10.7 Å². The Morgan fingerprint density at radius 1 is 0.920 bits per heavy atom. The molecular formula is C18H23N3O4. The molecule has 0 unspecified atom stereocenters. The largest absolute Gasteiger partial charge is 0.493 e. The van der Waals surface area contributed by atoms with Gasteiger partial charge in [-0.15, -0.1) is 0 Å². The summed E-state index contributed by atoms with van der Waals surface area (Å²) in [5.41, 5.74) is 7.59. The summed E-state index contributed by atoms with van der Waals surface area (Å²) in [6.45, 7) is 0.354. The van der Waals surface area contributed by atoms with Crippen molar-refractivity contribution >= 4 is 11.6 Å². The van der Waals surface area contributed by atoms with Crippen LogP contribution in [-0.4, -0.2) is 34.4 Å². The van der Waals surface area contributed by atoms with Gasteiger partial charge in [0.1, 0.15) is 0 Å². The van der Waals surface area contributed by atoms with Gasteiger partial charge >= 0.3 is 0 Å². The van der Waals surface area contributed by atoms with Crippen molar-refractivity contribution in [1.82, 2.24) is 0 Å². The number of hydrogen-bond acceptors (Lipinski definition) is 5. The maximum atomic E-state index is 5.97. The Morgan fingerprint density at radius 3 is 2.28 bits per heavy atom. The Morgan fingerprint density at radius 2 is 1.64 bits per heavy atom. The number of ether oxygens (including phenoxy) is 4. The minimum absolute atomic E-state index is 0.275. The third kappa shape index (κ3) is 4.47. The molecule has 0 atom stereocenters. The van der Waals surface area contributed by atoms with Crippen LogP contribution in [0.3, 0.4) is 0 Å². The zero-order valence-corrected chi connectivity index (χ0v) is 14.8. The highest BCUT2D eigenvalue weighted by molar-refractivity contribution is 5.92.